The van der Waals surface area contributed by atoms with Gasteiger partial charge in [-0.2, -0.15) is 5.10 Å². The molecule has 1 saturated carbocycles. The number of nitrogen functional groups attached to an aromatic ring is 1. The Morgan fingerprint density at radius 1 is 1.50 bits per heavy atom. The van der Waals surface area contributed by atoms with Gasteiger partial charge in [-0.1, -0.05) is 19.3 Å². The number of rotatable bonds is 2. The lowest BCUT2D eigenvalue weighted by Gasteiger charge is -2.34. The van der Waals surface area contributed by atoms with E-state index in [1.54, 1.807) is 6.07 Å². The van der Waals surface area contributed by atoms with Gasteiger partial charge in [0.1, 0.15) is 11.5 Å². The quantitative estimate of drug-likeness (QED) is 0.708. The van der Waals surface area contributed by atoms with Crippen molar-refractivity contribution in [3.05, 3.63) is 11.8 Å². The fraction of sp³-hybridized carbons (Fsp3) is 0.636. The molecule has 4 N–H and O–H groups in total. The molecule has 2 rings (SSSR count). The minimum atomic E-state index is -0.117. The zero-order valence-corrected chi connectivity index (χ0v) is 9.55. The highest BCUT2D eigenvalue weighted by Gasteiger charge is 2.29. The highest BCUT2D eigenvalue weighted by molar-refractivity contribution is 5.93. The molecule has 1 amide bonds. The minimum Gasteiger partial charge on any atom is -0.382 e. The Bertz CT molecular complexity index is 379. The van der Waals surface area contributed by atoms with Crippen LogP contribution in [0.15, 0.2) is 6.07 Å². The van der Waals surface area contributed by atoms with Crippen molar-refractivity contribution in [1.82, 2.24) is 15.5 Å². The number of nitrogens with two attached hydrogens (primary N) is 1. The summed E-state index contributed by atoms with van der Waals surface area (Å²) in [7, 11) is 0. The van der Waals surface area contributed by atoms with Gasteiger partial charge >= 0.3 is 0 Å². The number of amides is 1. The van der Waals surface area contributed by atoms with Crippen LogP contribution in [0.4, 0.5) is 5.82 Å². The first-order chi connectivity index (χ1) is 7.59. The number of carbonyl (C=O) groups excluding carboxylic acids is 1. The number of aromatic amines is 1. The molecular weight excluding hydrogens is 204 g/mol. The summed E-state index contributed by atoms with van der Waals surface area (Å²) in [5, 5.41) is 9.43. The molecule has 1 fully saturated rings. The Kier molecular flexibility index (Phi) is 2.85. The average Bonchev–Trinajstić information content (AvgIpc) is 2.65. The standard InChI is InChI=1S/C11H18N4O/c1-11(5-3-2-4-6-11)13-10(16)8-7-9(12)15-14-8/h7H,2-6H2,1H3,(H,13,16)(H3,12,14,15). The first-order valence-corrected chi connectivity index (χ1v) is 5.72. The lowest BCUT2D eigenvalue weighted by molar-refractivity contribution is 0.0877. The van der Waals surface area contributed by atoms with Crippen LogP contribution < -0.4 is 11.1 Å². The zero-order chi connectivity index (χ0) is 11.6. The van der Waals surface area contributed by atoms with E-state index in [1.807, 2.05) is 0 Å². The lowest BCUT2D eigenvalue weighted by Crippen LogP contribution is -2.47. The van der Waals surface area contributed by atoms with E-state index in [0.717, 1.165) is 12.8 Å². The average molecular weight is 222 g/mol. The van der Waals surface area contributed by atoms with Gasteiger partial charge in [0.2, 0.25) is 0 Å². The molecule has 1 aliphatic carbocycles. The molecule has 0 aromatic carbocycles. The SMILES string of the molecule is CC1(NC(=O)c2cc(N)n[nH]2)CCCCC1. The third-order valence-electron chi connectivity index (χ3n) is 3.21. The van der Waals surface area contributed by atoms with E-state index in [9.17, 15) is 4.79 Å². The molecule has 16 heavy (non-hydrogen) atoms. The van der Waals surface area contributed by atoms with Crippen LogP contribution in [0.2, 0.25) is 0 Å². The molecule has 0 unspecified atom stereocenters. The van der Waals surface area contributed by atoms with Gasteiger partial charge in [-0.05, 0) is 19.8 Å². The molecule has 1 aliphatic rings. The summed E-state index contributed by atoms with van der Waals surface area (Å²) in [6.07, 6.45) is 5.72. The van der Waals surface area contributed by atoms with Gasteiger partial charge in [-0.15, -0.1) is 0 Å². The summed E-state index contributed by atoms with van der Waals surface area (Å²) in [4.78, 5) is 11.9. The van der Waals surface area contributed by atoms with Crippen molar-refractivity contribution < 1.29 is 4.79 Å². The van der Waals surface area contributed by atoms with E-state index in [2.05, 4.69) is 22.4 Å². The topological polar surface area (TPSA) is 83.8 Å². The van der Waals surface area contributed by atoms with Crippen LogP contribution in [0.1, 0.15) is 49.5 Å². The molecule has 5 nitrogen and oxygen atoms in total. The van der Waals surface area contributed by atoms with Crippen LogP contribution in [-0.4, -0.2) is 21.6 Å². The molecule has 88 valence electrons. The van der Waals surface area contributed by atoms with Gasteiger partial charge in [0, 0.05) is 11.6 Å². The highest BCUT2D eigenvalue weighted by Crippen LogP contribution is 2.27. The van der Waals surface area contributed by atoms with Gasteiger partial charge in [0.25, 0.3) is 5.91 Å². The second-order valence-corrected chi connectivity index (χ2v) is 4.78. The Balaban J connectivity index is 2.01. The molecule has 1 aromatic heterocycles. The molecule has 1 aromatic rings. The molecule has 0 atom stereocenters. The summed E-state index contributed by atoms with van der Waals surface area (Å²) in [5.74, 6) is 0.229. The summed E-state index contributed by atoms with van der Waals surface area (Å²) >= 11 is 0. The number of H-pyrrole nitrogens is 1. The summed E-state index contributed by atoms with van der Waals surface area (Å²) in [5.41, 5.74) is 5.82. The number of anilines is 1. The number of aromatic nitrogens is 2. The molecule has 0 saturated heterocycles. The minimum absolute atomic E-state index is 0.0742. The van der Waals surface area contributed by atoms with E-state index in [-0.39, 0.29) is 11.4 Å². The Hall–Kier alpha value is -1.52. The number of hydrogen-bond acceptors (Lipinski definition) is 3. The third kappa shape index (κ3) is 2.35. The maximum absolute atomic E-state index is 11.9. The predicted octanol–water partition coefficient (Wildman–Crippen LogP) is 1.44. The molecule has 5 heteroatoms. The fourth-order valence-corrected chi connectivity index (χ4v) is 2.25. The summed E-state index contributed by atoms with van der Waals surface area (Å²) in [6.45, 7) is 2.10. The third-order valence-corrected chi connectivity index (χ3v) is 3.21. The number of nitrogens with zero attached hydrogens (tertiary/aromatic N) is 1. The maximum atomic E-state index is 11.9. The largest absolute Gasteiger partial charge is 0.382 e. The summed E-state index contributed by atoms with van der Waals surface area (Å²) in [6, 6.07) is 1.56. The Morgan fingerprint density at radius 3 is 2.75 bits per heavy atom. The molecule has 0 aliphatic heterocycles. The van der Waals surface area contributed by atoms with Crippen molar-refractivity contribution in [2.24, 2.45) is 0 Å². The molecular formula is C11H18N4O. The van der Waals surface area contributed by atoms with Crippen molar-refractivity contribution in [3.63, 3.8) is 0 Å². The molecule has 0 radical (unpaired) electrons. The molecule has 1 heterocycles. The first-order valence-electron chi connectivity index (χ1n) is 5.72. The van der Waals surface area contributed by atoms with E-state index < -0.39 is 0 Å². The van der Waals surface area contributed by atoms with Crippen molar-refractivity contribution in [3.8, 4) is 0 Å². The van der Waals surface area contributed by atoms with Crippen molar-refractivity contribution in [2.75, 3.05) is 5.73 Å². The summed E-state index contributed by atoms with van der Waals surface area (Å²) < 4.78 is 0. The van der Waals surface area contributed by atoms with Crippen LogP contribution in [0, 0.1) is 0 Å². The van der Waals surface area contributed by atoms with Gasteiger partial charge in [-0.25, -0.2) is 0 Å². The van der Waals surface area contributed by atoms with Crippen LogP contribution in [0.5, 0.6) is 0 Å². The monoisotopic (exact) mass is 222 g/mol. The highest BCUT2D eigenvalue weighted by atomic mass is 16.2. The first kappa shape index (κ1) is 11.0. The number of carbonyl (C=O) groups is 1. The van der Waals surface area contributed by atoms with Crippen LogP contribution in [0.3, 0.4) is 0 Å². The predicted molar refractivity (Wildman–Crippen MR) is 62.0 cm³/mol. The van der Waals surface area contributed by atoms with Gasteiger partial charge in [0.15, 0.2) is 0 Å². The zero-order valence-electron chi connectivity index (χ0n) is 9.55. The Labute approximate surface area is 94.8 Å². The van der Waals surface area contributed by atoms with E-state index >= 15 is 0 Å². The fourth-order valence-electron chi connectivity index (χ4n) is 2.25. The van der Waals surface area contributed by atoms with Gasteiger partial charge in [-0.3, -0.25) is 9.89 Å². The van der Waals surface area contributed by atoms with E-state index in [0.29, 0.717) is 11.5 Å². The molecule has 0 spiro atoms. The van der Waals surface area contributed by atoms with Gasteiger partial charge < -0.3 is 11.1 Å². The number of nitrogens with one attached hydrogen (secondary N) is 2. The van der Waals surface area contributed by atoms with Crippen LogP contribution in [-0.2, 0) is 0 Å². The van der Waals surface area contributed by atoms with Gasteiger partial charge in [0.05, 0.1) is 0 Å². The maximum Gasteiger partial charge on any atom is 0.269 e. The van der Waals surface area contributed by atoms with Crippen LogP contribution in [0.25, 0.3) is 0 Å². The van der Waals surface area contributed by atoms with Crippen LogP contribution >= 0.6 is 0 Å². The van der Waals surface area contributed by atoms with E-state index in [1.165, 1.54) is 19.3 Å². The molecule has 0 bridgehead atoms. The van der Waals surface area contributed by atoms with Crippen molar-refractivity contribution in [2.45, 2.75) is 44.6 Å². The second-order valence-electron chi connectivity index (χ2n) is 4.78. The smallest absolute Gasteiger partial charge is 0.269 e. The van der Waals surface area contributed by atoms with E-state index in [4.69, 9.17) is 5.73 Å². The van der Waals surface area contributed by atoms with Crippen molar-refractivity contribution in [1.29, 1.82) is 0 Å². The normalized spacial score (nSPS) is 19.3. The Morgan fingerprint density at radius 2 is 2.19 bits per heavy atom. The second kappa shape index (κ2) is 4.15. The lowest BCUT2D eigenvalue weighted by atomic mass is 9.83. The number of hydrogen-bond donors (Lipinski definition) is 3. The van der Waals surface area contributed by atoms with Crippen molar-refractivity contribution >= 4 is 11.7 Å².